The Kier molecular flexibility index (Phi) is 5.12. The molecule has 0 saturated heterocycles. The standard InChI is InChI=1S/C14H17F3N4O2/c1-3-18-13(22)10(2)23-21-8-7-20(19-21)12-6-4-5-11(9-12)14(15,16)17/h4-10,19H,3H2,1-2H3,(H,18,22). The smallest absolute Gasteiger partial charge is 0.354 e. The SMILES string of the molecule is CCNC(=O)C(C)ON1C=CN(c2cccc(C(F)(F)F)c2)N1. The number of anilines is 1. The summed E-state index contributed by atoms with van der Waals surface area (Å²) in [6.07, 6.45) is -2.23. The lowest BCUT2D eigenvalue weighted by molar-refractivity contribution is -0.191. The summed E-state index contributed by atoms with van der Waals surface area (Å²) in [6.45, 7) is 3.83. The predicted octanol–water partition coefficient (Wildman–Crippen LogP) is 2.17. The van der Waals surface area contributed by atoms with E-state index in [-0.39, 0.29) is 11.6 Å². The van der Waals surface area contributed by atoms with Crippen LogP contribution in [0.4, 0.5) is 18.9 Å². The van der Waals surface area contributed by atoms with Gasteiger partial charge >= 0.3 is 6.18 Å². The van der Waals surface area contributed by atoms with Crippen LogP contribution >= 0.6 is 0 Å². The van der Waals surface area contributed by atoms with Crippen LogP contribution < -0.4 is 15.9 Å². The number of halogens is 3. The minimum Gasteiger partial charge on any atom is -0.354 e. The minimum absolute atomic E-state index is 0.285. The number of carbonyl (C=O) groups excluding carboxylic acids is 1. The van der Waals surface area contributed by atoms with Gasteiger partial charge in [-0.3, -0.25) is 9.80 Å². The first-order valence-electron chi connectivity index (χ1n) is 6.96. The molecule has 2 rings (SSSR count). The Morgan fingerprint density at radius 3 is 2.78 bits per heavy atom. The Bertz CT molecular complexity index is 592. The fraction of sp³-hybridized carbons (Fsp3) is 0.357. The average Bonchev–Trinajstić information content (AvgIpc) is 2.95. The van der Waals surface area contributed by atoms with Gasteiger partial charge in [-0.25, -0.2) is 4.84 Å². The van der Waals surface area contributed by atoms with Crippen molar-refractivity contribution in [3.05, 3.63) is 42.2 Å². The highest BCUT2D eigenvalue weighted by Gasteiger charge is 2.31. The lowest BCUT2D eigenvalue weighted by Gasteiger charge is -2.24. The van der Waals surface area contributed by atoms with Gasteiger partial charge in [0.15, 0.2) is 6.10 Å². The molecule has 0 spiro atoms. The third kappa shape index (κ3) is 4.36. The van der Waals surface area contributed by atoms with Crippen molar-refractivity contribution in [2.45, 2.75) is 26.1 Å². The number of nitrogens with one attached hydrogen (secondary N) is 2. The van der Waals surface area contributed by atoms with Gasteiger partial charge in [0.25, 0.3) is 5.91 Å². The molecule has 0 radical (unpaired) electrons. The summed E-state index contributed by atoms with van der Waals surface area (Å²) >= 11 is 0. The molecule has 0 fully saturated rings. The second-order valence-electron chi connectivity index (χ2n) is 4.78. The van der Waals surface area contributed by atoms with E-state index in [0.29, 0.717) is 6.54 Å². The maximum absolute atomic E-state index is 12.7. The molecule has 1 aliphatic rings. The van der Waals surface area contributed by atoms with Crippen LogP contribution in [-0.2, 0) is 15.8 Å². The Morgan fingerprint density at radius 2 is 2.13 bits per heavy atom. The van der Waals surface area contributed by atoms with E-state index in [1.165, 1.54) is 29.5 Å². The molecule has 1 atom stereocenters. The molecule has 1 heterocycles. The highest BCUT2D eigenvalue weighted by atomic mass is 19.4. The van der Waals surface area contributed by atoms with Gasteiger partial charge in [0.1, 0.15) is 0 Å². The average molecular weight is 330 g/mol. The third-order valence-corrected chi connectivity index (χ3v) is 3.00. The molecule has 1 unspecified atom stereocenters. The van der Waals surface area contributed by atoms with Crippen LogP contribution in [0.5, 0.6) is 0 Å². The number of benzene rings is 1. The summed E-state index contributed by atoms with van der Waals surface area (Å²) in [4.78, 5) is 16.9. The molecule has 1 aromatic rings. The second-order valence-corrected chi connectivity index (χ2v) is 4.78. The number of hydrazine groups is 2. The number of hydroxylamine groups is 1. The molecule has 9 heteroatoms. The van der Waals surface area contributed by atoms with Crippen LogP contribution in [-0.4, -0.2) is 23.7 Å². The monoisotopic (exact) mass is 330 g/mol. The summed E-state index contributed by atoms with van der Waals surface area (Å²) in [6, 6.07) is 4.83. The fourth-order valence-corrected chi connectivity index (χ4v) is 1.87. The number of hydrogen-bond acceptors (Lipinski definition) is 5. The van der Waals surface area contributed by atoms with Crippen molar-refractivity contribution in [2.24, 2.45) is 0 Å². The Morgan fingerprint density at radius 1 is 1.39 bits per heavy atom. The molecular formula is C14H17F3N4O2. The largest absolute Gasteiger partial charge is 0.416 e. The molecular weight excluding hydrogens is 313 g/mol. The van der Waals surface area contributed by atoms with E-state index in [2.05, 4.69) is 10.9 Å². The van der Waals surface area contributed by atoms with Gasteiger partial charge in [-0.1, -0.05) is 6.07 Å². The zero-order chi connectivity index (χ0) is 17.0. The van der Waals surface area contributed by atoms with E-state index in [9.17, 15) is 18.0 Å². The molecule has 0 aliphatic carbocycles. The van der Waals surface area contributed by atoms with Crippen LogP contribution in [0.25, 0.3) is 0 Å². The molecule has 126 valence electrons. The molecule has 0 saturated carbocycles. The molecule has 0 bridgehead atoms. The van der Waals surface area contributed by atoms with Crippen molar-refractivity contribution in [2.75, 3.05) is 11.6 Å². The van der Waals surface area contributed by atoms with Crippen molar-refractivity contribution in [1.82, 2.24) is 16.0 Å². The number of carbonyl (C=O) groups is 1. The van der Waals surface area contributed by atoms with Crippen LogP contribution in [0, 0.1) is 0 Å². The zero-order valence-electron chi connectivity index (χ0n) is 12.6. The topological polar surface area (TPSA) is 56.8 Å². The van der Waals surface area contributed by atoms with E-state index in [1.54, 1.807) is 13.8 Å². The number of nitrogens with zero attached hydrogens (tertiary/aromatic N) is 2. The van der Waals surface area contributed by atoms with Gasteiger partial charge in [0.05, 0.1) is 17.5 Å². The summed E-state index contributed by atoms with van der Waals surface area (Å²) < 4.78 is 38.2. The maximum Gasteiger partial charge on any atom is 0.416 e. The van der Waals surface area contributed by atoms with Crippen LogP contribution in [0.3, 0.4) is 0 Å². The van der Waals surface area contributed by atoms with Gasteiger partial charge in [-0.15, -0.1) is 5.53 Å². The van der Waals surface area contributed by atoms with Crippen molar-refractivity contribution in [3.63, 3.8) is 0 Å². The fourth-order valence-electron chi connectivity index (χ4n) is 1.87. The van der Waals surface area contributed by atoms with Gasteiger partial charge < -0.3 is 5.32 Å². The van der Waals surface area contributed by atoms with E-state index < -0.39 is 17.8 Å². The number of hydrogen-bond donors (Lipinski definition) is 2. The number of amides is 1. The lowest BCUT2D eigenvalue weighted by atomic mass is 10.2. The number of rotatable bonds is 5. The normalized spacial score (nSPS) is 15.9. The molecule has 2 N–H and O–H groups in total. The summed E-state index contributed by atoms with van der Waals surface area (Å²) in [7, 11) is 0. The van der Waals surface area contributed by atoms with E-state index in [0.717, 1.165) is 17.3 Å². The quantitative estimate of drug-likeness (QED) is 0.867. The number of likely N-dealkylation sites (N-methyl/N-ethyl adjacent to an activating group) is 1. The highest BCUT2D eigenvalue weighted by Crippen LogP contribution is 2.31. The predicted molar refractivity (Wildman–Crippen MR) is 77.3 cm³/mol. The van der Waals surface area contributed by atoms with Crippen LogP contribution in [0.15, 0.2) is 36.7 Å². The molecule has 23 heavy (non-hydrogen) atoms. The van der Waals surface area contributed by atoms with Crippen LogP contribution in [0.2, 0.25) is 0 Å². The molecule has 0 aromatic heterocycles. The van der Waals surface area contributed by atoms with Gasteiger partial charge in [0, 0.05) is 12.7 Å². The summed E-state index contributed by atoms with van der Waals surface area (Å²) in [5.74, 6) is -0.291. The Balaban J connectivity index is 1.98. The highest BCUT2D eigenvalue weighted by molar-refractivity contribution is 5.80. The maximum atomic E-state index is 12.7. The first-order valence-corrected chi connectivity index (χ1v) is 6.96. The first kappa shape index (κ1) is 17.1. The van der Waals surface area contributed by atoms with Gasteiger partial charge in [-0.2, -0.15) is 18.3 Å². The third-order valence-electron chi connectivity index (χ3n) is 3.00. The Labute approximate surface area is 131 Å². The van der Waals surface area contributed by atoms with Crippen molar-refractivity contribution < 1.29 is 22.8 Å². The zero-order valence-corrected chi connectivity index (χ0v) is 12.6. The van der Waals surface area contributed by atoms with Gasteiger partial charge in [-0.05, 0) is 32.0 Å². The first-order chi connectivity index (χ1) is 10.8. The number of alkyl halides is 3. The summed E-state index contributed by atoms with van der Waals surface area (Å²) in [5, 5.41) is 5.11. The van der Waals surface area contributed by atoms with Crippen molar-refractivity contribution in [1.29, 1.82) is 0 Å². The molecule has 1 amide bonds. The Hall–Kier alpha value is -2.26. The van der Waals surface area contributed by atoms with Crippen LogP contribution in [0.1, 0.15) is 19.4 Å². The minimum atomic E-state index is -4.41. The molecule has 1 aliphatic heterocycles. The van der Waals surface area contributed by atoms with Gasteiger partial charge in [0.2, 0.25) is 0 Å². The summed E-state index contributed by atoms with van der Waals surface area (Å²) in [5.41, 5.74) is 2.24. The van der Waals surface area contributed by atoms with Crippen molar-refractivity contribution >= 4 is 11.6 Å². The van der Waals surface area contributed by atoms with E-state index >= 15 is 0 Å². The molecule has 1 aromatic carbocycles. The van der Waals surface area contributed by atoms with E-state index in [1.807, 2.05) is 0 Å². The second kappa shape index (κ2) is 6.88. The van der Waals surface area contributed by atoms with Crippen molar-refractivity contribution in [3.8, 4) is 0 Å². The lowest BCUT2D eigenvalue weighted by Crippen LogP contribution is -2.44. The van der Waals surface area contributed by atoms with E-state index in [4.69, 9.17) is 4.84 Å². The molecule has 6 nitrogen and oxygen atoms in total.